The molecule has 0 aromatic heterocycles. The second kappa shape index (κ2) is 9.73. The van der Waals surface area contributed by atoms with Crippen molar-refractivity contribution in [2.24, 2.45) is 0 Å². The predicted molar refractivity (Wildman–Crippen MR) is 103 cm³/mol. The number of para-hydroxylation sites is 2. The summed E-state index contributed by atoms with van der Waals surface area (Å²) in [5.41, 5.74) is 1.19. The van der Waals surface area contributed by atoms with Gasteiger partial charge in [-0.15, -0.1) is 0 Å². The lowest BCUT2D eigenvalue weighted by Crippen LogP contribution is -2.44. The summed E-state index contributed by atoms with van der Waals surface area (Å²) in [6.07, 6.45) is -1.11. The van der Waals surface area contributed by atoms with E-state index in [9.17, 15) is 14.4 Å². The van der Waals surface area contributed by atoms with Gasteiger partial charge >= 0.3 is 12.0 Å². The molecule has 8 heteroatoms. The van der Waals surface area contributed by atoms with Crippen molar-refractivity contribution in [3.63, 3.8) is 0 Å². The van der Waals surface area contributed by atoms with Crippen LogP contribution in [0.25, 0.3) is 0 Å². The van der Waals surface area contributed by atoms with Gasteiger partial charge in [-0.05, 0) is 38.1 Å². The molecular formula is C20H20N4O4. The quantitative estimate of drug-likeness (QED) is 0.665. The van der Waals surface area contributed by atoms with Crippen molar-refractivity contribution < 1.29 is 19.1 Å². The Balaban J connectivity index is 1.85. The van der Waals surface area contributed by atoms with E-state index in [0.717, 1.165) is 0 Å². The standard InChI is InChI=1S/C20H20N4O4/c1-13(22-20(27)23-16-9-4-3-5-10-16)19(26)28-14(2)18(25)24-17-11-7-6-8-15(17)12-21/h3-11,13-14H,1-2H3,(H,24,25)(H2,22,23,27)/t13-,14+/m0/s1. The van der Waals surface area contributed by atoms with Gasteiger partial charge in [0.05, 0.1) is 11.3 Å². The Bertz CT molecular complexity index is 893. The minimum absolute atomic E-state index is 0.294. The van der Waals surface area contributed by atoms with Crippen molar-refractivity contribution >= 4 is 29.3 Å². The van der Waals surface area contributed by atoms with Gasteiger partial charge in [-0.2, -0.15) is 5.26 Å². The molecule has 3 N–H and O–H groups in total. The highest BCUT2D eigenvalue weighted by Crippen LogP contribution is 2.14. The van der Waals surface area contributed by atoms with Crippen LogP contribution < -0.4 is 16.0 Å². The first-order chi connectivity index (χ1) is 13.4. The number of urea groups is 1. The number of rotatable bonds is 6. The SMILES string of the molecule is C[C@H](NC(=O)Nc1ccccc1)C(=O)O[C@H](C)C(=O)Nc1ccccc1C#N. The first-order valence-electron chi connectivity index (χ1n) is 8.53. The van der Waals surface area contributed by atoms with E-state index in [2.05, 4.69) is 16.0 Å². The Morgan fingerprint density at radius 1 is 0.964 bits per heavy atom. The van der Waals surface area contributed by atoms with Crippen LogP contribution in [0.3, 0.4) is 0 Å². The van der Waals surface area contributed by atoms with Crippen LogP contribution in [0.2, 0.25) is 0 Å². The molecule has 3 amide bonds. The number of amides is 3. The molecule has 0 radical (unpaired) electrons. The van der Waals surface area contributed by atoms with Crippen molar-refractivity contribution in [2.75, 3.05) is 10.6 Å². The summed E-state index contributed by atoms with van der Waals surface area (Å²) in [5, 5.41) is 16.6. The maximum absolute atomic E-state index is 12.2. The molecule has 0 unspecified atom stereocenters. The number of esters is 1. The second-order valence-electron chi connectivity index (χ2n) is 5.91. The van der Waals surface area contributed by atoms with Crippen LogP contribution in [-0.2, 0) is 14.3 Å². The summed E-state index contributed by atoms with van der Waals surface area (Å²) >= 11 is 0. The molecule has 0 spiro atoms. The maximum atomic E-state index is 12.2. The van der Waals surface area contributed by atoms with Crippen molar-refractivity contribution in [2.45, 2.75) is 26.0 Å². The fourth-order valence-electron chi connectivity index (χ4n) is 2.20. The third-order valence-corrected chi connectivity index (χ3v) is 3.70. The minimum Gasteiger partial charge on any atom is -0.451 e. The van der Waals surface area contributed by atoms with Gasteiger partial charge in [0.2, 0.25) is 0 Å². The number of nitrogens with one attached hydrogen (secondary N) is 3. The molecule has 0 aliphatic heterocycles. The van der Waals surface area contributed by atoms with Gasteiger partial charge in [0.15, 0.2) is 6.10 Å². The third kappa shape index (κ3) is 5.85. The number of nitrogens with zero attached hydrogens (tertiary/aromatic N) is 1. The van der Waals surface area contributed by atoms with Crippen LogP contribution in [0.15, 0.2) is 54.6 Å². The molecule has 0 heterocycles. The Hall–Kier alpha value is -3.86. The zero-order chi connectivity index (χ0) is 20.5. The largest absolute Gasteiger partial charge is 0.451 e. The average molecular weight is 380 g/mol. The van der Waals surface area contributed by atoms with Crippen LogP contribution in [0.1, 0.15) is 19.4 Å². The molecule has 0 saturated carbocycles. The first kappa shape index (κ1) is 20.5. The predicted octanol–water partition coefficient (Wildman–Crippen LogP) is 2.64. The van der Waals surface area contributed by atoms with Crippen molar-refractivity contribution in [1.29, 1.82) is 5.26 Å². The van der Waals surface area contributed by atoms with Crippen molar-refractivity contribution in [3.8, 4) is 6.07 Å². The van der Waals surface area contributed by atoms with Gasteiger partial charge in [0, 0.05) is 5.69 Å². The highest BCUT2D eigenvalue weighted by atomic mass is 16.5. The molecule has 144 valence electrons. The number of anilines is 2. The summed E-state index contributed by atoms with van der Waals surface area (Å²) in [6, 6.07) is 15.6. The van der Waals surface area contributed by atoms with Crippen LogP contribution in [0, 0.1) is 11.3 Å². The Morgan fingerprint density at radius 3 is 2.29 bits per heavy atom. The molecule has 2 atom stereocenters. The zero-order valence-corrected chi connectivity index (χ0v) is 15.4. The molecule has 0 fully saturated rings. The lowest BCUT2D eigenvalue weighted by atomic mass is 10.2. The van der Waals surface area contributed by atoms with Crippen molar-refractivity contribution in [1.82, 2.24) is 5.32 Å². The Kier molecular flexibility index (Phi) is 7.11. The number of benzene rings is 2. The van der Waals surface area contributed by atoms with Gasteiger partial charge in [0.1, 0.15) is 12.1 Å². The van der Waals surface area contributed by atoms with Gasteiger partial charge in [-0.1, -0.05) is 30.3 Å². The third-order valence-electron chi connectivity index (χ3n) is 3.70. The van der Waals surface area contributed by atoms with E-state index >= 15 is 0 Å². The maximum Gasteiger partial charge on any atom is 0.329 e. The second-order valence-corrected chi connectivity index (χ2v) is 5.91. The number of carbonyl (C=O) groups excluding carboxylic acids is 3. The lowest BCUT2D eigenvalue weighted by molar-refractivity contribution is -0.154. The number of nitriles is 1. The molecular weight excluding hydrogens is 360 g/mol. The molecule has 0 saturated heterocycles. The number of hydrogen-bond acceptors (Lipinski definition) is 5. The fraction of sp³-hybridized carbons (Fsp3) is 0.200. The van der Waals surface area contributed by atoms with E-state index in [1.54, 1.807) is 48.5 Å². The highest BCUT2D eigenvalue weighted by molar-refractivity contribution is 5.97. The normalized spacial score (nSPS) is 12.0. The summed E-state index contributed by atoms with van der Waals surface area (Å²) in [5.74, 6) is -1.35. The molecule has 28 heavy (non-hydrogen) atoms. The molecule has 2 aromatic rings. The van der Waals surface area contributed by atoms with Gasteiger partial charge in [-0.25, -0.2) is 9.59 Å². The molecule has 0 bridgehead atoms. The van der Waals surface area contributed by atoms with Gasteiger partial charge in [-0.3, -0.25) is 4.79 Å². The van der Waals surface area contributed by atoms with Gasteiger partial charge < -0.3 is 20.7 Å². The molecule has 0 aliphatic rings. The smallest absolute Gasteiger partial charge is 0.329 e. The van der Waals surface area contributed by atoms with Crippen LogP contribution >= 0.6 is 0 Å². The van der Waals surface area contributed by atoms with E-state index in [4.69, 9.17) is 10.00 Å². The van der Waals surface area contributed by atoms with Crippen LogP contribution in [0.5, 0.6) is 0 Å². The molecule has 8 nitrogen and oxygen atoms in total. The summed E-state index contributed by atoms with van der Waals surface area (Å²) in [6.45, 7) is 2.85. The Morgan fingerprint density at radius 2 is 1.61 bits per heavy atom. The Labute approximate surface area is 162 Å². The van der Waals surface area contributed by atoms with Gasteiger partial charge in [0.25, 0.3) is 5.91 Å². The highest BCUT2D eigenvalue weighted by Gasteiger charge is 2.23. The summed E-state index contributed by atoms with van der Waals surface area (Å²) < 4.78 is 5.09. The van der Waals surface area contributed by atoms with E-state index in [1.807, 2.05) is 12.1 Å². The number of carbonyl (C=O) groups is 3. The topological polar surface area (TPSA) is 120 Å². The average Bonchev–Trinajstić information content (AvgIpc) is 2.68. The minimum atomic E-state index is -1.11. The van der Waals surface area contributed by atoms with E-state index in [-0.39, 0.29) is 0 Å². The summed E-state index contributed by atoms with van der Waals surface area (Å²) in [4.78, 5) is 36.2. The van der Waals surface area contributed by atoms with E-state index in [0.29, 0.717) is 16.9 Å². The molecule has 2 aromatic carbocycles. The van der Waals surface area contributed by atoms with Crippen LogP contribution in [0.4, 0.5) is 16.2 Å². The van der Waals surface area contributed by atoms with E-state index in [1.165, 1.54) is 13.8 Å². The van der Waals surface area contributed by atoms with Crippen LogP contribution in [-0.4, -0.2) is 30.1 Å². The monoisotopic (exact) mass is 380 g/mol. The number of hydrogen-bond donors (Lipinski definition) is 3. The zero-order valence-electron chi connectivity index (χ0n) is 15.4. The van der Waals surface area contributed by atoms with Crippen molar-refractivity contribution in [3.05, 3.63) is 60.2 Å². The molecule has 0 aliphatic carbocycles. The lowest BCUT2D eigenvalue weighted by Gasteiger charge is -2.18. The number of ether oxygens (including phenoxy) is 1. The fourth-order valence-corrected chi connectivity index (χ4v) is 2.20. The first-order valence-corrected chi connectivity index (χ1v) is 8.53. The molecule has 2 rings (SSSR count). The van der Waals surface area contributed by atoms with E-state index < -0.39 is 30.1 Å². The summed E-state index contributed by atoms with van der Waals surface area (Å²) in [7, 11) is 0.